The van der Waals surface area contributed by atoms with Crippen molar-refractivity contribution in [2.45, 2.75) is 0 Å². The Kier molecular flexibility index (Phi) is 2.41. The number of pyridine rings is 1. The molecule has 2 heterocycles. The molecule has 1 aliphatic heterocycles. The van der Waals surface area contributed by atoms with Gasteiger partial charge in [0.2, 0.25) is 11.9 Å². The average Bonchev–Trinajstić information content (AvgIpc) is 2.05. The first kappa shape index (κ1) is 9.08. The molecule has 0 unspecified atom stereocenters. The van der Waals surface area contributed by atoms with E-state index in [1.54, 1.807) is 6.07 Å². The standard InChI is InChI=1S/C9H10FN3O/c10-8-7(2-1-3-12-8)13-9(14)6-4-11-5-6/h1-3,6,11H,4-5H2,(H,13,14). The van der Waals surface area contributed by atoms with Gasteiger partial charge in [0.05, 0.1) is 11.6 Å². The van der Waals surface area contributed by atoms with Gasteiger partial charge in [-0.25, -0.2) is 4.98 Å². The van der Waals surface area contributed by atoms with Crippen molar-refractivity contribution in [3.8, 4) is 0 Å². The Morgan fingerprint density at radius 2 is 2.43 bits per heavy atom. The third kappa shape index (κ3) is 1.72. The minimum absolute atomic E-state index is 0.0467. The van der Waals surface area contributed by atoms with Crippen LogP contribution >= 0.6 is 0 Å². The van der Waals surface area contributed by atoms with E-state index in [-0.39, 0.29) is 17.5 Å². The molecule has 0 bridgehead atoms. The number of aromatic nitrogens is 1. The highest BCUT2D eigenvalue weighted by atomic mass is 19.1. The van der Waals surface area contributed by atoms with Gasteiger partial charge in [-0.05, 0) is 12.1 Å². The number of carbonyl (C=O) groups excluding carboxylic acids is 1. The summed E-state index contributed by atoms with van der Waals surface area (Å²) in [5.41, 5.74) is 0.143. The molecule has 1 aliphatic rings. The molecule has 1 aromatic rings. The lowest BCUT2D eigenvalue weighted by Crippen LogP contribution is -2.48. The Labute approximate surface area is 80.5 Å². The van der Waals surface area contributed by atoms with E-state index in [0.717, 1.165) is 0 Å². The van der Waals surface area contributed by atoms with Crippen LogP contribution in [0.5, 0.6) is 0 Å². The van der Waals surface area contributed by atoms with Crippen LogP contribution in [0, 0.1) is 11.9 Å². The number of nitrogens with one attached hydrogen (secondary N) is 2. The normalized spacial score (nSPS) is 16.1. The monoisotopic (exact) mass is 195 g/mol. The van der Waals surface area contributed by atoms with Crippen molar-refractivity contribution in [3.63, 3.8) is 0 Å². The molecule has 1 aromatic heterocycles. The number of hydrogen-bond donors (Lipinski definition) is 2. The summed E-state index contributed by atoms with van der Waals surface area (Å²) in [5, 5.41) is 5.47. The van der Waals surface area contributed by atoms with Crippen LogP contribution in [0.4, 0.5) is 10.1 Å². The Hall–Kier alpha value is -1.49. The minimum Gasteiger partial charge on any atom is -0.322 e. The molecule has 0 aromatic carbocycles. The predicted octanol–water partition coefficient (Wildman–Crippen LogP) is 0.379. The van der Waals surface area contributed by atoms with Crippen molar-refractivity contribution in [1.29, 1.82) is 0 Å². The number of anilines is 1. The van der Waals surface area contributed by atoms with Gasteiger partial charge >= 0.3 is 0 Å². The van der Waals surface area contributed by atoms with Gasteiger partial charge < -0.3 is 10.6 Å². The van der Waals surface area contributed by atoms with E-state index in [0.29, 0.717) is 13.1 Å². The minimum atomic E-state index is -0.645. The number of nitrogens with zero attached hydrogens (tertiary/aromatic N) is 1. The molecular weight excluding hydrogens is 185 g/mol. The second-order valence-electron chi connectivity index (χ2n) is 3.19. The molecule has 74 valence electrons. The van der Waals surface area contributed by atoms with Gasteiger partial charge in [-0.15, -0.1) is 0 Å². The Morgan fingerprint density at radius 3 is 3.00 bits per heavy atom. The molecule has 2 N–H and O–H groups in total. The largest absolute Gasteiger partial charge is 0.322 e. The summed E-state index contributed by atoms with van der Waals surface area (Å²) < 4.78 is 13.0. The molecule has 14 heavy (non-hydrogen) atoms. The lowest BCUT2D eigenvalue weighted by molar-refractivity contribution is -0.121. The molecule has 1 saturated heterocycles. The topological polar surface area (TPSA) is 54.0 Å². The molecular formula is C9H10FN3O. The van der Waals surface area contributed by atoms with E-state index in [1.165, 1.54) is 12.3 Å². The zero-order chi connectivity index (χ0) is 9.97. The van der Waals surface area contributed by atoms with Crippen molar-refractivity contribution in [1.82, 2.24) is 10.3 Å². The van der Waals surface area contributed by atoms with E-state index in [4.69, 9.17) is 0 Å². The van der Waals surface area contributed by atoms with E-state index in [1.807, 2.05) is 0 Å². The van der Waals surface area contributed by atoms with Crippen LogP contribution < -0.4 is 10.6 Å². The molecule has 2 rings (SSSR count). The van der Waals surface area contributed by atoms with Gasteiger partial charge in [-0.2, -0.15) is 4.39 Å². The quantitative estimate of drug-likeness (QED) is 0.671. The first-order valence-electron chi connectivity index (χ1n) is 4.39. The van der Waals surface area contributed by atoms with Crippen LogP contribution in [0.3, 0.4) is 0 Å². The predicted molar refractivity (Wildman–Crippen MR) is 49.2 cm³/mol. The Bertz CT molecular complexity index is 352. The highest BCUT2D eigenvalue weighted by Crippen LogP contribution is 2.12. The third-order valence-electron chi connectivity index (χ3n) is 2.17. The molecule has 5 heteroatoms. The number of rotatable bonds is 2. The van der Waals surface area contributed by atoms with Gasteiger partial charge in [0.15, 0.2) is 0 Å². The van der Waals surface area contributed by atoms with Crippen molar-refractivity contribution in [2.24, 2.45) is 5.92 Å². The van der Waals surface area contributed by atoms with Gasteiger partial charge in [-0.1, -0.05) is 0 Å². The third-order valence-corrected chi connectivity index (χ3v) is 2.17. The summed E-state index contributed by atoms with van der Waals surface area (Å²) in [5.74, 6) is -0.849. The summed E-state index contributed by atoms with van der Waals surface area (Å²) >= 11 is 0. The first-order chi connectivity index (χ1) is 6.77. The number of hydrogen-bond acceptors (Lipinski definition) is 3. The van der Waals surface area contributed by atoms with Gasteiger partial charge in [0.1, 0.15) is 0 Å². The lowest BCUT2D eigenvalue weighted by Gasteiger charge is -2.25. The van der Waals surface area contributed by atoms with E-state index >= 15 is 0 Å². The fraction of sp³-hybridized carbons (Fsp3) is 0.333. The molecule has 0 radical (unpaired) electrons. The fourth-order valence-electron chi connectivity index (χ4n) is 1.19. The smallest absolute Gasteiger partial charge is 0.236 e. The second kappa shape index (κ2) is 3.71. The SMILES string of the molecule is O=C(Nc1cccnc1F)C1CNC1. The Morgan fingerprint density at radius 1 is 1.64 bits per heavy atom. The summed E-state index contributed by atoms with van der Waals surface area (Å²) in [6, 6.07) is 3.07. The van der Waals surface area contributed by atoms with Gasteiger partial charge in [0, 0.05) is 19.3 Å². The zero-order valence-electron chi connectivity index (χ0n) is 7.46. The highest BCUT2D eigenvalue weighted by molar-refractivity contribution is 5.93. The maximum atomic E-state index is 13.0. The van der Waals surface area contributed by atoms with Crippen LogP contribution in [0.1, 0.15) is 0 Å². The van der Waals surface area contributed by atoms with Crippen LogP contribution in [-0.4, -0.2) is 24.0 Å². The van der Waals surface area contributed by atoms with Gasteiger partial charge in [0.25, 0.3) is 0 Å². The number of carbonyl (C=O) groups is 1. The maximum absolute atomic E-state index is 13.0. The van der Waals surface area contributed by atoms with E-state index < -0.39 is 5.95 Å². The summed E-state index contributed by atoms with van der Waals surface area (Å²) in [4.78, 5) is 14.8. The molecule has 0 spiro atoms. The van der Waals surface area contributed by atoms with Crippen molar-refractivity contribution < 1.29 is 9.18 Å². The van der Waals surface area contributed by atoms with E-state index in [9.17, 15) is 9.18 Å². The highest BCUT2D eigenvalue weighted by Gasteiger charge is 2.25. The second-order valence-corrected chi connectivity index (χ2v) is 3.19. The van der Waals surface area contributed by atoms with E-state index in [2.05, 4.69) is 15.6 Å². The lowest BCUT2D eigenvalue weighted by atomic mass is 10.0. The molecule has 1 amide bonds. The summed E-state index contributed by atoms with van der Waals surface area (Å²) in [6.07, 6.45) is 1.34. The van der Waals surface area contributed by atoms with Crippen LogP contribution in [0.2, 0.25) is 0 Å². The molecule has 0 aliphatic carbocycles. The van der Waals surface area contributed by atoms with Crippen molar-refractivity contribution in [2.75, 3.05) is 18.4 Å². The summed E-state index contributed by atoms with van der Waals surface area (Å²) in [6.45, 7) is 1.32. The number of halogens is 1. The number of amides is 1. The van der Waals surface area contributed by atoms with Crippen molar-refractivity contribution >= 4 is 11.6 Å². The molecule has 4 nitrogen and oxygen atoms in total. The van der Waals surface area contributed by atoms with Crippen LogP contribution in [0.25, 0.3) is 0 Å². The van der Waals surface area contributed by atoms with Crippen LogP contribution in [0.15, 0.2) is 18.3 Å². The zero-order valence-corrected chi connectivity index (χ0v) is 7.46. The molecule has 1 fully saturated rings. The van der Waals surface area contributed by atoms with Gasteiger partial charge in [-0.3, -0.25) is 4.79 Å². The Balaban J connectivity index is 2.03. The van der Waals surface area contributed by atoms with Crippen LogP contribution in [-0.2, 0) is 4.79 Å². The molecule has 0 atom stereocenters. The average molecular weight is 195 g/mol. The first-order valence-corrected chi connectivity index (χ1v) is 4.39. The summed E-state index contributed by atoms with van der Waals surface area (Å²) in [7, 11) is 0. The fourth-order valence-corrected chi connectivity index (χ4v) is 1.19. The maximum Gasteiger partial charge on any atom is 0.236 e. The van der Waals surface area contributed by atoms with Crippen molar-refractivity contribution in [3.05, 3.63) is 24.3 Å². The molecule has 0 saturated carbocycles.